The van der Waals surface area contributed by atoms with Crippen molar-refractivity contribution in [2.45, 2.75) is 13.0 Å². The van der Waals surface area contributed by atoms with Gasteiger partial charge in [-0.2, -0.15) is 0 Å². The van der Waals surface area contributed by atoms with Gasteiger partial charge in [0.05, 0.1) is 20.1 Å². The Hall–Kier alpha value is -2.86. The van der Waals surface area contributed by atoms with Gasteiger partial charge in [-0.3, -0.25) is 14.5 Å². The normalized spacial score (nSPS) is 14.5. The summed E-state index contributed by atoms with van der Waals surface area (Å²) in [7, 11) is 1.63. The van der Waals surface area contributed by atoms with Crippen LogP contribution in [0.4, 0.5) is 0 Å². The van der Waals surface area contributed by atoms with Gasteiger partial charge in [-0.15, -0.1) is 0 Å². The standard InChI is InChI=1S/C22H27N3O3/c1-28-20-9-7-18(8-10-20)15-22(27)25-13-11-24(12-14-25)17-21(26)23-16-19-5-3-2-4-6-19/h2-10H,11-17H2,1H3,(H,23,26). The van der Waals surface area contributed by atoms with Crippen molar-refractivity contribution in [3.05, 3.63) is 65.7 Å². The number of carbonyl (C=O) groups is 2. The Balaban J connectivity index is 1.38. The summed E-state index contributed by atoms with van der Waals surface area (Å²) < 4.78 is 5.14. The van der Waals surface area contributed by atoms with E-state index < -0.39 is 0 Å². The number of nitrogens with one attached hydrogen (secondary N) is 1. The Bertz CT molecular complexity index is 769. The lowest BCUT2D eigenvalue weighted by Crippen LogP contribution is -2.51. The summed E-state index contributed by atoms with van der Waals surface area (Å²) in [5.41, 5.74) is 2.07. The molecule has 6 nitrogen and oxygen atoms in total. The fraction of sp³-hybridized carbons (Fsp3) is 0.364. The van der Waals surface area contributed by atoms with Gasteiger partial charge in [0.25, 0.3) is 0 Å². The van der Waals surface area contributed by atoms with Crippen LogP contribution in [0.25, 0.3) is 0 Å². The molecule has 148 valence electrons. The molecule has 2 aromatic carbocycles. The van der Waals surface area contributed by atoms with Crippen LogP contribution in [-0.2, 0) is 22.6 Å². The largest absolute Gasteiger partial charge is 0.497 e. The third kappa shape index (κ3) is 5.82. The van der Waals surface area contributed by atoms with E-state index in [0.29, 0.717) is 45.7 Å². The first kappa shape index (κ1) is 19.9. The second-order valence-electron chi connectivity index (χ2n) is 6.94. The van der Waals surface area contributed by atoms with Crippen LogP contribution >= 0.6 is 0 Å². The number of amides is 2. The molecule has 3 rings (SSSR count). The summed E-state index contributed by atoms with van der Waals surface area (Å²) in [6, 6.07) is 17.5. The Labute approximate surface area is 166 Å². The molecule has 1 saturated heterocycles. The van der Waals surface area contributed by atoms with Gasteiger partial charge < -0.3 is 15.0 Å². The molecule has 0 atom stereocenters. The highest BCUT2D eigenvalue weighted by atomic mass is 16.5. The lowest BCUT2D eigenvalue weighted by molar-refractivity contribution is -0.132. The third-order valence-electron chi connectivity index (χ3n) is 4.94. The highest BCUT2D eigenvalue weighted by molar-refractivity contribution is 5.79. The fourth-order valence-electron chi connectivity index (χ4n) is 3.24. The Morgan fingerprint density at radius 1 is 0.929 bits per heavy atom. The number of carbonyl (C=O) groups excluding carboxylic acids is 2. The summed E-state index contributed by atoms with van der Waals surface area (Å²) in [6.07, 6.45) is 0.390. The lowest BCUT2D eigenvalue weighted by Gasteiger charge is -2.34. The number of ether oxygens (including phenoxy) is 1. The monoisotopic (exact) mass is 381 g/mol. The highest BCUT2D eigenvalue weighted by Gasteiger charge is 2.22. The number of hydrogen-bond donors (Lipinski definition) is 1. The first-order valence-electron chi connectivity index (χ1n) is 9.58. The van der Waals surface area contributed by atoms with Gasteiger partial charge in [0.15, 0.2) is 0 Å². The van der Waals surface area contributed by atoms with Gasteiger partial charge in [-0.05, 0) is 23.3 Å². The van der Waals surface area contributed by atoms with Crippen molar-refractivity contribution in [1.29, 1.82) is 0 Å². The van der Waals surface area contributed by atoms with E-state index in [1.165, 1.54) is 0 Å². The molecule has 0 spiro atoms. The molecule has 1 N–H and O–H groups in total. The van der Waals surface area contributed by atoms with Crippen LogP contribution in [0, 0.1) is 0 Å². The highest BCUT2D eigenvalue weighted by Crippen LogP contribution is 2.13. The van der Waals surface area contributed by atoms with Crippen molar-refractivity contribution < 1.29 is 14.3 Å². The molecule has 1 aliphatic heterocycles. The van der Waals surface area contributed by atoms with E-state index >= 15 is 0 Å². The topological polar surface area (TPSA) is 61.9 Å². The quantitative estimate of drug-likeness (QED) is 0.793. The zero-order valence-corrected chi connectivity index (χ0v) is 16.3. The van der Waals surface area contributed by atoms with E-state index in [9.17, 15) is 9.59 Å². The molecular weight excluding hydrogens is 354 g/mol. The van der Waals surface area contributed by atoms with Gasteiger partial charge in [-0.25, -0.2) is 0 Å². The number of benzene rings is 2. The van der Waals surface area contributed by atoms with Gasteiger partial charge >= 0.3 is 0 Å². The summed E-state index contributed by atoms with van der Waals surface area (Å²) in [5, 5.41) is 2.95. The Kier molecular flexibility index (Phi) is 7.03. The number of methoxy groups -OCH3 is 1. The molecule has 0 aromatic heterocycles. The van der Waals surface area contributed by atoms with Crippen LogP contribution in [0.3, 0.4) is 0 Å². The van der Waals surface area contributed by atoms with Crippen molar-refractivity contribution in [2.24, 2.45) is 0 Å². The predicted molar refractivity (Wildman–Crippen MR) is 108 cm³/mol. The van der Waals surface area contributed by atoms with Gasteiger partial charge in [0.1, 0.15) is 5.75 Å². The molecule has 0 bridgehead atoms. The zero-order valence-electron chi connectivity index (χ0n) is 16.3. The summed E-state index contributed by atoms with van der Waals surface area (Å²) >= 11 is 0. The van der Waals surface area contributed by atoms with Gasteiger partial charge in [-0.1, -0.05) is 42.5 Å². The molecule has 2 aromatic rings. The second-order valence-corrected chi connectivity index (χ2v) is 6.94. The second kappa shape index (κ2) is 9.90. The van der Waals surface area contributed by atoms with E-state index in [1.807, 2.05) is 59.5 Å². The van der Waals surface area contributed by atoms with Crippen LogP contribution in [-0.4, -0.2) is 61.4 Å². The molecule has 0 unspecified atom stereocenters. The summed E-state index contributed by atoms with van der Waals surface area (Å²) in [4.78, 5) is 28.6. The van der Waals surface area contributed by atoms with E-state index in [-0.39, 0.29) is 11.8 Å². The maximum absolute atomic E-state index is 12.5. The third-order valence-corrected chi connectivity index (χ3v) is 4.94. The minimum atomic E-state index is 0.0156. The first-order chi connectivity index (χ1) is 13.6. The van der Waals surface area contributed by atoms with E-state index in [4.69, 9.17) is 4.74 Å². The van der Waals surface area contributed by atoms with Crippen molar-refractivity contribution in [3.63, 3.8) is 0 Å². The SMILES string of the molecule is COc1ccc(CC(=O)N2CCN(CC(=O)NCc3ccccc3)CC2)cc1. The zero-order chi connectivity index (χ0) is 19.8. The van der Waals surface area contributed by atoms with Crippen LogP contribution in [0.1, 0.15) is 11.1 Å². The minimum absolute atomic E-state index is 0.0156. The molecule has 6 heteroatoms. The van der Waals surface area contributed by atoms with Crippen molar-refractivity contribution >= 4 is 11.8 Å². The van der Waals surface area contributed by atoms with Gasteiger partial charge in [0.2, 0.25) is 11.8 Å². The van der Waals surface area contributed by atoms with Crippen LogP contribution in [0.5, 0.6) is 5.75 Å². The lowest BCUT2D eigenvalue weighted by atomic mass is 10.1. The average molecular weight is 381 g/mol. The maximum Gasteiger partial charge on any atom is 0.234 e. The molecular formula is C22H27N3O3. The van der Waals surface area contributed by atoms with Crippen molar-refractivity contribution in [3.8, 4) is 5.75 Å². The molecule has 28 heavy (non-hydrogen) atoms. The van der Waals surface area contributed by atoms with Crippen molar-refractivity contribution in [2.75, 3.05) is 39.8 Å². The molecule has 1 heterocycles. The molecule has 0 radical (unpaired) electrons. The van der Waals surface area contributed by atoms with Gasteiger partial charge in [0, 0.05) is 32.7 Å². The van der Waals surface area contributed by atoms with Crippen molar-refractivity contribution in [1.82, 2.24) is 15.1 Å². The number of hydrogen-bond acceptors (Lipinski definition) is 4. The minimum Gasteiger partial charge on any atom is -0.497 e. The number of rotatable bonds is 7. The molecule has 1 fully saturated rings. The molecule has 0 aliphatic carbocycles. The number of piperazine rings is 1. The predicted octanol–water partition coefficient (Wildman–Crippen LogP) is 1.70. The van der Waals surface area contributed by atoms with Crippen LogP contribution < -0.4 is 10.1 Å². The van der Waals surface area contributed by atoms with Crippen LogP contribution in [0.15, 0.2) is 54.6 Å². The fourth-order valence-corrected chi connectivity index (χ4v) is 3.24. The first-order valence-corrected chi connectivity index (χ1v) is 9.58. The summed E-state index contributed by atoms with van der Waals surface area (Å²) in [6.45, 7) is 3.65. The summed E-state index contributed by atoms with van der Waals surface area (Å²) in [5.74, 6) is 0.926. The van der Waals surface area contributed by atoms with E-state index in [2.05, 4.69) is 10.2 Å². The maximum atomic E-state index is 12.5. The van der Waals surface area contributed by atoms with E-state index in [1.54, 1.807) is 7.11 Å². The molecule has 0 saturated carbocycles. The van der Waals surface area contributed by atoms with Crippen LogP contribution in [0.2, 0.25) is 0 Å². The number of nitrogens with zero attached hydrogens (tertiary/aromatic N) is 2. The van der Waals surface area contributed by atoms with E-state index in [0.717, 1.165) is 16.9 Å². The average Bonchev–Trinajstić information content (AvgIpc) is 2.74. The molecule has 2 amide bonds. The Morgan fingerprint density at radius 2 is 1.61 bits per heavy atom. The Morgan fingerprint density at radius 3 is 2.25 bits per heavy atom. The smallest absolute Gasteiger partial charge is 0.234 e. The molecule has 1 aliphatic rings.